The van der Waals surface area contributed by atoms with Gasteiger partial charge in [0, 0.05) is 0 Å². The molecular formula is C23H18Cl6N2OP+. The highest BCUT2D eigenvalue weighted by atomic mass is 35.6. The molecule has 0 aliphatic carbocycles. The first-order chi connectivity index (χ1) is 15.7. The zero-order valence-electron chi connectivity index (χ0n) is 16.9. The summed E-state index contributed by atoms with van der Waals surface area (Å²) in [6.45, 7) is 0. The van der Waals surface area contributed by atoms with Crippen LogP contribution in [0.1, 0.15) is 0 Å². The number of urea groups is 1. The van der Waals surface area contributed by atoms with Crippen LogP contribution in [-0.2, 0) is 0 Å². The molecule has 0 unspecified atom stereocenters. The zero-order valence-corrected chi connectivity index (χ0v) is 22.3. The molecule has 2 N–H and O–H groups in total. The van der Waals surface area contributed by atoms with E-state index in [4.69, 9.17) is 69.6 Å². The lowest BCUT2D eigenvalue weighted by molar-refractivity contribution is 0.243. The van der Waals surface area contributed by atoms with Crippen LogP contribution in [0.5, 0.6) is 0 Å². The Kier molecular flexibility index (Phi) is 9.23. The Balaban J connectivity index is 2.25. The van der Waals surface area contributed by atoms with E-state index in [1.54, 1.807) is 0 Å². The second-order valence-electron chi connectivity index (χ2n) is 6.79. The van der Waals surface area contributed by atoms with E-state index in [1.165, 1.54) is 0 Å². The molecule has 2 amide bonds. The van der Waals surface area contributed by atoms with Crippen molar-refractivity contribution in [3.63, 3.8) is 0 Å². The third-order valence-electron chi connectivity index (χ3n) is 4.72. The van der Waals surface area contributed by atoms with Crippen molar-refractivity contribution in [3.05, 3.63) is 101 Å². The second kappa shape index (κ2) is 11.5. The van der Waals surface area contributed by atoms with Crippen molar-refractivity contribution in [2.75, 3.05) is 0 Å². The molecule has 0 fully saturated rings. The van der Waals surface area contributed by atoms with E-state index < -0.39 is 22.6 Å². The van der Waals surface area contributed by atoms with Crippen molar-refractivity contribution in [1.82, 2.24) is 10.6 Å². The predicted octanol–water partition coefficient (Wildman–Crippen LogP) is 6.82. The maximum absolute atomic E-state index is 12.9. The molecule has 33 heavy (non-hydrogen) atoms. The Labute approximate surface area is 223 Å². The van der Waals surface area contributed by atoms with E-state index in [0.29, 0.717) is 5.44 Å². The van der Waals surface area contributed by atoms with Gasteiger partial charge in [0.2, 0.25) is 9.23 Å². The number of carbonyl (C=O) groups is 1. The lowest BCUT2D eigenvalue weighted by Crippen LogP contribution is -2.47. The van der Waals surface area contributed by atoms with Gasteiger partial charge < -0.3 is 5.32 Å². The predicted molar refractivity (Wildman–Crippen MR) is 145 cm³/mol. The molecule has 0 heterocycles. The normalized spacial score (nSPS) is 12.5. The van der Waals surface area contributed by atoms with Crippen LogP contribution in [0, 0.1) is 0 Å². The van der Waals surface area contributed by atoms with E-state index in [1.807, 2.05) is 91.0 Å². The van der Waals surface area contributed by atoms with Crippen molar-refractivity contribution in [2.45, 2.75) is 9.29 Å². The maximum atomic E-state index is 12.9. The number of nitrogens with one attached hydrogen (secondary N) is 2. The summed E-state index contributed by atoms with van der Waals surface area (Å²) in [6, 6.07) is 28.5. The van der Waals surface area contributed by atoms with Gasteiger partial charge in [-0.25, -0.2) is 4.79 Å². The number of hydrogen-bond acceptors (Lipinski definition) is 1. The number of rotatable bonds is 6. The Morgan fingerprint density at radius 3 is 1.39 bits per heavy atom. The Morgan fingerprint density at radius 2 is 1.09 bits per heavy atom. The summed E-state index contributed by atoms with van der Waals surface area (Å²) in [6.07, 6.45) is 0. The van der Waals surface area contributed by atoms with E-state index >= 15 is 0 Å². The largest absolute Gasteiger partial charge is 0.323 e. The Bertz CT molecular complexity index is 1010. The zero-order chi connectivity index (χ0) is 24.1. The molecule has 0 saturated carbocycles. The number of benzene rings is 3. The lowest BCUT2D eigenvalue weighted by atomic mass is 10.4. The number of halogens is 6. The minimum absolute atomic E-state index is 0.102. The standard InChI is InChI=1S/C23H17Cl6N2OP/c24-19(25)20(30-22(32)31-21(26)23(27,28)29)33(16-10-4-1-5-11-16,17-12-6-2-7-13-17)18-14-8-3-9-15-18/h1-15,21H,(H-,30,31,32)/p+1/t21-/m0/s1. The summed E-state index contributed by atoms with van der Waals surface area (Å²) in [4.78, 5) is 12.9. The number of hydrogen-bond donors (Lipinski definition) is 2. The monoisotopic (exact) mass is 579 g/mol. The number of carbonyl (C=O) groups excluding carboxylic acids is 1. The summed E-state index contributed by atoms with van der Waals surface area (Å²) in [5.41, 5.74) is -0.976. The van der Waals surface area contributed by atoms with Gasteiger partial charge in [0.25, 0.3) is 0 Å². The van der Waals surface area contributed by atoms with E-state index in [9.17, 15) is 4.79 Å². The summed E-state index contributed by atoms with van der Waals surface area (Å²) >= 11 is 36.4. The van der Waals surface area contributed by atoms with Crippen LogP contribution in [0.25, 0.3) is 0 Å². The first kappa shape index (κ1) is 26.4. The Hall–Kier alpha value is -1.16. The Morgan fingerprint density at radius 1 is 0.727 bits per heavy atom. The van der Waals surface area contributed by atoms with E-state index in [0.717, 1.165) is 15.9 Å². The molecule has 0 radical (unpaired) electrons. The molecule has 172 valence electrons. The molecule has 3 aromatic carbocycles. The summed E-state index contributed by atoms with van der Waals surface area (Å²) in [5.74, 6) is 0. The summed E-state index contributed by atoms with van der Waals surface area (Å²) in [7, 11) is -2.76. The van der Waals surface area contributed by atoms with Gasteiger partial charge in [-0.05, 0) is 36.4 Å². The SMILES string of the molecule is O=C(NC(=C(Cl)Cl)[P+](c1ccccc1)(c1ccccc1)c1ccccc1)N[C@H](Cl)C(Cl)(Cl)Cl. The van der Waals surface area contributed by atoms with Crippen LogP contribution in [-0.4, -0.2) is 15.3 Å². The first-order valence-corrected chi connectivity index (χ1v) is 13.7. The molecule has 3 nitrogen and oxygen atoms in total. The fraction of sp³-hybridized carbons (Fsp3) is 0.0870. The van der Waals surface area contributed by atoms with Crippen LogP contribution < -0.4 is 26.5 Å². The molecule has 3 rings (SSSR count). The maximum Gasteiger partial charge on any atom is 0.323 e. The van der Waals surface area contributed by atoms with Crippen molar-refractivity contribution >= 4 is 98.8 Å². The van der Waals surface area contributed by atoms with Crippen LogP contribution in [0.2, 0.25) is 0 Å². The molecule has 0 aromatic heterocycles. The van der Waals surface area contributed by atoms with Gasteiger partial charge in [-0.2, -0.15) is 0 Å². The highest BCUT2D eigenvalue weighted by Crippen LogP contribution is 2.63. The van der Waals surface area contributed by atoms with Crippen molar-refractivity contribution in [2.24, 2.45) is 0 Å². The van der Waals surface area contributed by atoms with Crippen molar-refractivity contribution < 1.29 is 4.79 Å². The molecule has 0 aliphatic rings. The third-order valence-corrected chi connectivity index (χ3v) is 11.0. The van der Waals surface area contributed by atoms with E-state index in [2.05, 4.69) is 10.6 Å². The molecule has 0 bridgehead atoms. The fourth-order valence-electron chi connectivity index (χ4n) is 3.39. The van der Waals surface area contributed by atoms with Gasteiger partial charge in [-0.1, -0.05) is 124 Å². The second-order valence-corrected chi connectivity index (χ2v) is 13.9. The molecule has 0 saturated heterocycles. The minimum atomic E-state index is -2.76. The molecule has 10 heteroatoms. The van der Waals surface area contributed by atoms with Crippen LogP contribution in [0.3, 0.4) is 0 Å². The summed E-state index contributed by atoms with van der Waals surface area (Å²) in [5, 5.41) is 8.02. The fourth-order valence-corrected chi connectivity index (χ4v) is 8.56. The van der Waals surface area contributed by atoms with Crippen LogP contribution in [0.15, 0.2) is 101 Å². The van der Waals surface area contributed by atoms with Gasteiger partial charge >= 0.3 is 6.03 Å². The van der Waals surface area contributed by atoms with Crippen LogP contribution in [0.4, 0.5) is 4.79 Å². The first-order valence-electron chi connectivity index (χ1n) is 9.57. The van der Waals surface area contributed by atoms with Gasteiger partial charge in [-0.15, -0.1) is 0 Å². The van der Waals surface area contributed by atoms with Crippen LogP contribution >= 0.6 is 76.9 Å². The average molecular weight is 582 g/mol. The highest BCUT2D eigenvalue weighted by molar-refractivity contribution is 7.99. The minimum Gasteiger partial charge on any atom is -0.317 e. The average Bonchev–Trinajstić information content (AvgIpc) is 2.80. The molecule has 1 atom stereocenters. The molecule has 0 aliphatic heterocycles. The topological polar surface area (TPSA) is 41.1 Å². The van der Waals surface area contributed by atoms with E-state index in [-0.39, 0.29) is 4.49 Å². The lowest BCUT2D eigenvalue weighted by Gasteiger charge is -2.30. The number of amides is 2. The van der Waals surface area contributed by atoms with Gasteiger partial charge in [-0.3, -0.25) is 5.32 Å². The smallest absolute Gasteiger partial charge is 0.317 e. The molecule has 3 aromatic rings. The summed E-state index contributed by atoms with van der Waals surface area (Å²) < 4.78 is -2.02. The number of alkyl halides is 4. The van der Waals surface area contributed by atoms with Gasteiger partial charge in [0.15, 0.2) is 17.3 Å². The van der Waals surface area contributed by atoms with Gasteiger partial charge in [0.05, 0.1) is 0 Å². The third kappa shape index (κ3) is 6.10. The molecular weight excluding hydrogens is 564 g/mol. The van der Waals surface area contributed by atoms with Crippen molar-refractivity contribution in [1.29, 1.82) is 0 Å². The van der Waals surface area contributed by atoms with Gasteiger partial charge in [0.1, 0.15) is 15.9 Å². The van der Waals surface area contributed by atoms with Crippen molar-refractivity contribution in [3.8, 4) is 0 Å². The molecule has 0 spiro atoms. The quantitative estimate of drug-likeness (QED) is 0.187. The highest BCUT2D eigenvalue weighted by Gasteiger charge is 2.52.